The van der Waals surface area contributed by atoms with E-state index in [1.807, 2.05) is 62.5 Å². The molecule has 4 rings (SSSR count). The molecule has 0 aliphatic carbocycles. The van der Waals surface area contributed by atoms with Gasteiger partial charge in [0.2, 0.25) is 5.91 Å². The number of carbonyl (C=O) groups is 2. The molecule has 0 saturated carbocycles. The van der Waals surface area contributed by atoms with Gasteiger partial charge in [-0.15, -0.1) is 0 Å². The summed E-state index contributed by atoms with van der Waals surface area (Å²) in [6.07, 6.45) is 3.92. The van der Waals surface area contributed by atoms with E-state index in [1.54, 1.807) is 23.8 Å². The Balaban J connectivity index is 0.000000526. The fourth-order valence-electron chi connectivity index (χ4n) is 4.16. The van der Waals surface area contributed by atoms with Gasteiger partial charge in [-0.1, -0.05) is 60.7 Å². The summed E-state index contributed by atoms with van der Waals surface area (Å²) in [5.41, 5.74) is 4.34. The number of amides is 2. The zero-order chi connectivity index (χ0) is 25.9. The molecule has 2 heterocycles. The number of pyridine rings is 1. The van der Waals surface area contributed by atoms with Crippen LogP contribution in [0.5, 0.6) is 0 Å². The van der Waals surface area contributed by atoms with E-state index in [0.717, 1.165) is 41.6 Å². The van der Waals surface area contributed by atoms with Crippen LogP contribution in [0.4, 0.5) is 4.79 Å². The van der Waals surface area contributed by atoms with E-state index in [1.165, 1.54) is 0 Å². The molecule has 2 aromatic carbocycles. The lowest BCUT2D eigenvalue weighted by molar-refractivity contribution is -0.127. The topological polar surface area (TPSA) is 62.7 Å². The third-order valence-corrected chi connectivity index (χ3v) is 6.51. The van der Waals surface area contributed by atoms with Crippen LogP contribution >= 0.6 is 0 Å². The molecule has 1 aromatic heterocycles. The quantitative estimate of drug-likeness (QED) is 0.394. The highest BCUT2D eigenvalue weighted by Crippen LogP contribution is 2.28. The summed E-state index contributed by atoms with van der Waals surface area (Å²) in [7, 11) is 1.79. The van der Waals surface area contributed by atoms with Crippen molar-refractivity contribution >= 4 is 12.0 Å². The highest BCUT2D eigenvalue weighted by atomic mass is 16.6. The molecule has 0 spiro atoms. The molecule has 1 aliphatic rings. The summed E-state index contributed by atoms with van der Waals surface area (Å²) >= 11 is 0. The first-order chi connectivity index (χ1) is 17.3. The Morgan fingerprint density at radius 3 is 2.28 bits per heavy atom. The van der Waals surface area contributed by atoms with Crippen LogP contribution in [0.25, 0.3) is 11.1 Å². The van der Waals surface area contributed by atoms with Crippen molar-refractivity contribution in [2.45, 2.75) is 52.2 Å². The molecule has 190 valence electrons. The van der Waals surface area contributed by atoms with Gasteiger partial charge in [-0.2, -0.15) is 0 Å². The molecule has 0 bridgehead atoms. The largest absolute Gasteiger partial charge is 0.446 e. The summed E-state index contributed by atoms with van der Waals surface area (Å²) in [5, 5.41) is 0. The van der Waals surface area contributed by atoms with E-state index in [-0.39, 0.29) is 24.1 Å². The lowest BCUT2D eigenvalue weighted by Gasteiger charge is -2.36. The zero-order valence-electron chi connectivity index (χ0n) is 21.8. The minimum Gasteiger partial charge on any atom is -0.446 e. The van der Waals surface area contributed by atoms with Crippen LogP contribution in [0, 0.1) is 6.92 Å². The minimum atomic E-state index is -0.257. The van der Waals surface area contributed by atoms with Crippen LogP contribution in [0.1, 0.15) is 50.4 Å². The van der Waals surface area contributed by atoms with Gasteiger partial charge in [-0.3, -0.25) is 9.78 Å². The Labute approximate surface area is 214 Å². The second-order valence-electron chi connectivity index (χ2n) is 9.21. The van der Waals surface area contributed by atoms with Crippen molar-refractivity contribution in [1.29, 1.82) is 0 Å². The Kier molecular flexibility index (Phi) is 10.0. The third-order valence-electron chi connectivity index (χ3n) is 6.51. The standard InChI is InChI=1S/C24H31N3O3.C6H6/c1-17-16-22(11-13-25-17)21-9-7-20(8-10-21)18(2)27-15-12-23(30-24(27)29)6-5-14-26(4)19(3)28;1-2-4-6-5-3-1/h7-11,13,16,18,23H,5-6,12,14-15H2,1-4H3;1-6H. The molecular weight excluding hydrogens is 450 g/mol. The van der Waals surface area contributed by atoms with E-state index < -0.39 is 0 Å². The average Bonchev–Trinajstić information content (AvgIpc) is 2.90. The van der Waals surface area contributed by atoms with Crippen LogP contribution < -0.4 is 0 Å². The lowest BCUT2D eigenvalue weighted by atomic mass is 10.00. The van der Waals surface area contributed by atoms with Crippen molar-refractivity contribution in [3.05, 3.63) is 90.3 Å². The number of aromatic nitrogens is 1. The van der Waals surface area contributed by atoms with Gasteiger partial charge in [0.1, 0.15) is 6.10 Å². The monoisotopic (exact) mass is 487 g/mol. The Morgan fingerprint density at radius 2 is 1.72 bits per heavy atom. The van der Waals surface area contributed by atoms with Crippen LogP contribution in [0.15, 0.2) is 79.0 Å². The van der Waals surface area contributed by atoms with Crippen molar-refractivity contribution in [2.24, 2.45) is 0 Å². The zero-order valence-corrected chi connectivity index (χ0v) is 21.8. The first-order valence-electron chi connectivity index (χ1n) is 12.6. The van der Waals surface area contributed by atoms with Gasteiger partial charge in [0, 0.05) is 45.4 Å². The predicted octanol–water partition coefficient (Wildman–Crippen LogP) is 6.27. The van der Waals surface area contributed by atoms with Gasteiger partial charge in [0.25, 0.3) is 0 Å². The van der Waals surface area contributed by atoms with Crippen molar-refractivity contribution < 1.29 is 14.3 Å². The summed E-state index contributed by atoms with van der Waals surface area (Å²) in [6.45, 7) is 6.95. The highest BCUT2D eigenvalue weighted by Gasteiger charge is 2.30. The Hall–Kier alpha value is -3.67. The molecule has 1 aliphatic heterocycles. The number of aryl methyl sites for hydroxylation is 1. The molecule has 2 amide bonds. The molecule has 0 radical (unpaired) electrons. The van der Waals surface area contributed by atoms with Crippen LogP contribution in [0.2, 0.25) is 0 Å². The number of cyclic esters (lactones) is 1. The highest BCUT2D eigenvalue weighted by molar-refractivity contribution is 5.72. The summed E-state index contributed by atoms with van der Waals surface area (Å²) in [6, 6.07) is 24.3. The first-order valence-corrected chi connectivity index (χ1v) is 12.6. The fourth-order valence-corrected chi connectivity index (χ4v) is 4.16. The van der Waals surface area contributed by atoms with Gasteiger partial charge in [-0.05, 0) is 55.5 Å². The number of nitrogens with zero attached hydrogens (tertiary/aromatic N) is 3. The van der Waals surface area contributed by atoms with E-state index in [4.69, 9.17) is 4.74 Å². The van der Waals surface area contributed by atoms with Gasteiger partial charge in [0.05, 0.1) is 6.04 Å². The smallest absolute Gasteiger partial charge is 0.410 e. The Bertz CT molecular complexity index is 1080. The molecule has 0 N–H and O–H groups in total. The first kappa shape index (κ1) is 26.9. The molecule has 1 saturated heterocycles. The van der Waals surface area contributed by atoms with Gasteiger partial charge < -0.3 is 14.5 Å². The number of hydrogen-bond donors (Lipinski definition) is 0. The lowest BCUT2D eigenvalue weighted by Crippen LogP contribution is -2.43. The summed E-state index contributed by atoms with van der Waals surface area (Å²) < 4.78 is 5.67. The maximum absolute atomic E-state index is 12.6. The third kappa shape index (κ3) is 7.94. The van der Waals surface area contributed by atoms with E-state index in [2.05, 4.69) is 35.3 Å². The number of hydrogen-bond acceptors (Lipinski definition) is 4. The van der Waals surface area contributed by atoms with Gasteiger partial charge >= 0.3 is 6.09 Å². The Morgan fingerprint density at radius 1 is 1.08 bits per heavy atom. The fraction of sp³-hybridized carbons (Fsp3) is 0.367. The second-order valence-corrected chi connectivity index (χ2v) is 9.21. The predicted molar refractivity (Wildman–Crippen MR) is 143 cm³/mol. The van der Waals surface area contributed by atoms with E-state index in [0.29, 0.717) is 13.1 Å². The van der Waals surface area contributed by atoms with Gasteiger partial charge in [-0.25, -0.2) is 4.79 Å². The maximum Gasteiger partial charge on any atom is 0.410 e. The molecule has 6 nitrogen and oxygen atoms in total. The van der Waals surface area contributed by atoms with Crippen molar-refractivity contribution in [3.8, 4) is 11.1 Å². The number of rotatable bonds is 7. The number of ether oxygens (including phenoxy) is 1. The molecule has 6 heteroatoms. The summed E-state index contributed by atoms with van der Waals surface area (Å²) in [4.78, 5) is 31.6. The molecule has 2 unspecified atom stereocenters. The second kappa shape index (κ2) is 13.4. The van der Waals surface area contributed by atoms with Crippen molar-refractivity contribution in [1.82, 2.24) is 14.8 Å². The number of carbonyl (C=O) groups excluding carboxylic acids is 2. The maximum atomic E-state index is 12.6. The normalized spacial score (nSPS) is 15.8. The SMILES string of the molecule is CC(=O)N(C)CCCC1CCN(C(C)c2ccc(-c3ccnc(C)c3)cc2)C(=O)O1.c1ccccc1. The van der Waals surface area contributed by atoms with Crippen LogP contribution in [-0.4, -0.2) is 53.0 Å². The molecule has 3 aromatic rings. The van der Waals surface area contributed by atoms with E-state index in [9.17, 15) is 9.59 Å². The van der Waals surface area contributed by atoms with E-state index >= 15 is 0 Å². The minimum absolute atomic E-state index is 0.0458. The molecular formula is C30H37N3O3. The number of benzene rings is 2. The molecule has 1 fully saturated rings. The summed E-state index contributed by atoms with van der Waals surface area (Å²) in [5.74, 6) is 0.0562. The van der Waals surface area contributed by atoms with Gasteiger partial charge in [0.15, 0.2) is 0 Å². The molecule has 2 atom stereocenters. The van der Waals surface area contributed by atoms with Crippen LogP contribution in [0.3, 0.4) is 0 Å². The van der Waals surface area contributed by atoms with Crippen LogP contribution in [-0.2, 0) is 9.53 Å². The van der Waals surface area contributed by atoms with Crippen molar-refractivity contribution in [3.63, 3.8) is 0 Å². The average molecular weight is 488 g/mol. The van der Waals surface area contributed by atoms with Crippen molar-refractivity contribution in [2.75, 3.05) is 20.1 Å². The molecule has 36 heavy (non-hydrogen) atoms.